The Labute approximate surface area is 186 Å². The van der Waals surface area contributed by atoms with Gasteiger partial charge in [0.1, 0.15) is 0 Å². The van der Waals surface area contributed by atoms with Gasteiger partial charge in [0.2, 0.25) is 10.0 Å². The number of amides is 1. The van der Waals surface area contributed by atoms with Crippen molar-refractivity contribution in [1.82, 2.24) is 14.5 Å². The first-order chi connectivity index (χ1) is 14.8. The summed E-state index contributed by atoms with van der Waals surface area (Å²) < 4.78 is 28.1. The van der Waals surface area contributed by atoms with Crippen LogP contribution in [0.1, 0.15) is 28.5 Å². The number of halogens is 1. The van der Waals surface area contributed by atoms with E-state index in [1.165, 1.54) is 12.3 Å². The Morgan fingerprint density at radius 1 is 1.23 bits per heavy atom. The molecule has 0 aliphatic carbocycles. The maximum Gasteiger partial charge on any atom is 0.259 e. The lowest BCUT2D eigenvalue weighted by molar-refractivity contribution is 0.102. The van der Waals surface area contributed by atoms with Gasteiger partial charge in [0, 0.05) is 17.3 Å². The van der Waals surface area contributed by atoms with E-state index in [1.807, 2.05) is 19.1 Å². The molecule has 3 aromatic rings. The van der Waals surface area contributed by atoms with Crippen LogP contribution < -0.4 is 10.0 Å². The van der Waals surface area contributed by atoms with Crippen LogP contribution in [-0.2, 0) is 22.2 Å². The first kappa shape index (κ1) is 22.7. The van der Waals surface area contributed by atoms with Crippen LogP contribution in [0, 0.1) is 0 Å². The second-order valence-corrected chi connectivity index (χ2v) is 9.04. The minimum absolute atomic E-state index is 0.151. The highest BCUT2D eigenvalue weighted by molar-refractivity contribution is 7.88. The van der Waals surface area contributed by atoms with Gasteiger partial charge >= 0.3 is 0 Å². The third-order valence-corrected chi connectivity index (χ3v) is 6.07. The van der Waals surface area contributed by atoms with E-state index in [0.717, 1.165) is 11.4 Å². The molecule has 0 saturated carbocycles. The minimum atomic E-state index is -3.44. The monoisotopic (exact) mass is 458 g/mol. The van der Waals surface area contributed by atoms with Crippen LogP contribution in [0.3, 0.4) is 0 Å². The molecule has 0 aliphatic heterocycles. The SMILES string of the molecule is C=CCNS(=O)(=O)Cc1ccc(NC(=O)c2cnn(-c3cccc(Cl)c3)c2CC)cc1. The summed E-state index contributed by atoms with van der Waals surface area (Å²) in [7, 11) is -3.44. The molecule has 1 amide bonds. The van der Waals surface area contributed by atoms with E-state index in [0.29, 0.717) is 28.3 Å². The molecule has 0 fully saturated rings. The Balaban J connectivity index is 1.74. The van der Waals surface area contributed by atoms with Crippen LogP contribution >= 0.6 is 11.6 Å². The Kier molecular flexibility index (Phi) is 7.27. The molecular weight excluding hydrogens is 436 g/mol. The van der Waals surface area contributed by atoms with Gasteiger partial charge in [-0.3, -0.25) is 4.79 Å². The summed E-state index contributed by atoms with van der Waals surface area (Å²) in [5.74, 6) is -0.445. The van der Waals surface area contributed by atoms with Gasteiger partial charge in [-0.05, 0) is 42.3 Å². The Morgan fingerprint density at radius 2 is 1.97 bits per heavy atom. The van der Waals surface area contributed by atoms with Crippen LogP contribution in [0.5, 0.6) is 0 Å². The zero-order valence-electron chi connectivity index (χ0n) is 17.0. The molecule has 0 aliphatic rings. The lowest BCUT2D eigenvalue weighted by atomic mass is 10.1. The van der Waals surface area contributed by atoms with Crippen molar-refractivity contribution in [3.05, 3.63) is 89.2 Å². The van der Waals surface area contributed by atoms with Crippen molar-refractivity contribution in [2.45, 2.75) is 19.1 Å². The van der Waals surface area contributed by atoms with Crippen molar-refractivity contribution in [3.8, 4) is 5.69 Å². The summed E-state index contributed by atoms with van der Waals surface area (Å²) in [5, 5.41) is 7.78. The zero-order valence-corrected chi connectivity index (χ0v) is 18.6. The lowest BCUT2D eigenvalue weighted by Gasteiger charge is -2.10. The Morgan fingerprint density at radius 3 is 2.61 bits per heavy atom. The van der Waals surface area contributed by atoms with Crippen LogP contribution in [0.2, 0.25) is 5.02 Å². The second kappa shape index (κ2) is 9.91. The third kappa shape index (κ3) is 5.81. The molecule has 0 unspecified atom stereocenters. The van der Waals surface area contributed by atoms with Gasteiger partial charge in [-0.15, -0.1) is 6.58 Å². The molecule has 1 aromatic heterocycles. The van der Waals surface area contributed by atoms with E-state index >= 15 is 0 Å². The van der Waals surface area contributed by atoms with Crippen LogP contribution in [-0.4, -0.2) is 30.7 Å². The molecule has 0 saturated heterocycles. The number of rotatable bonds is 9. The van der Waals surface area contributed by atoms with Gasteiger partial charge in [-0.25, -0.2) is 17.8 Å². The van der Waals surface area contributed by atoms with Crippen molar-refractivity contribution < 1.29 is 13.2 Å². The number of benzene rings is 2. The quantitative estimate of drug-likeness (QED) is 0.475. The molecule has 2 N–H and O–H groups in total. The number of hydrogen-bond donors (Lipinski definition) is 2. The Hall–Kier alpha value is -2.94. The number of sulfonamides is 1. The molecule has 2 aromatic carbocycles. The second-order valence-electron chi connectivity index (χ2n) is 6.80. The van der Waals surface area contributed by atoms with Crippen molar-refractivity contribution in [2.24, 2.45) is 0 Å². The predicted octanol–water partition coefficient (Wildman–Crippen LogP) is 3.95. The van der Waals surface area contributed by atoms with E-state index < -0.39 is 10.0 Å². The van der Waals surface area contributed by atoms with Gasteiger partial charge < -0.3 is 5.32 Å². The number of carbonyl (C=O) groups is 1. The van der Waals surface area contributed by atoms with Gasteiger partial charge in [0.25, 0.3) is 5.91 Å². The first-order valence-corrected chi connectivity index (χ1v) is 11.7. The van der Waals surface area contributed by atoms with Crippen molar-refractivity contribution in [3.63, 3.8) is 0 Å². The van der Waals surface area contributed by atoms with Gasteiger partial charge in [-0.1, -0.05) is 42.8 Å². The van der Waals surface area contributed by atoms with Crippen molar-refractivity contribution >= 4 is 33.2 Å². The fraction of sp³-hybridized carbons (Fsp3) is 0.182. The summed E-state index contributed by atoms with van der Waals surface area (Å²) in [6.45, 7) is 5.62. The number of nitrogens with one attached hydrogen (secondary N) is 2. The molecule has 9 heteroatoms. The molecule has 1 heterocycles. The largest absolute Gasteiger partial charge is 0.322 e. The van der Waals surface area contributed by atoms with E-state index in [9.17, 15) is 13.2 Å². The topological polar surface area (TPSA) is 93.1 Å². The molecule has 162 valence electrons. The maximum absolute atomic E-state index is 12.8. The van der Waals surface area contributed by atoms with Crippen LogP contribution in [0.4, 0.5) is 5.69 Å². The van der Waals surface area contributed by atoms with E-state index in [4.69, 9.17) is 11.6 Å². The number of carbonyl (C=O) groups excluding carboxylic acids is 1. The number of aromatic nitrogens is 2. The third-order valence-electron chi connectivity index (χ3n) is 4.52. The van der Waals surface area contributed by atoms with Crippen LogP contribution in [0.25, 0.3) is 5.69 Å². The number of hydrogen-bond acceptors (Lipinski definition) is 4. The van der Waals surface area contributed by atoms with Gasteiger partial charge in [0.05, 0.1) is 28.9 Å². The van der Waals surface area contributed by atoms with E-state index in [1.54, 1.807) is 41.1 Å². The van der Waals surface area contributed by atoms with Crippen molar-refractivity contribution in [2.75, 3.05) is 11.9 Å². The first-order valence-electron chi connectivity index (χ1n) is 9.64. The predicted molar refractivity (Wildman–Crippen MR) is 123 cm³/mol. The molecule has 31 heavy (non-hydrogen) atoms. The van der Waals surface area contributed by atoms with Crippen LogP contribution in [0.15, 0.2) is 67.4 Å². The lowest BCUT2D eigenvalue weighted by Crippen LogP contribution is -2.25. The smallest absolute Gasteiger partial charge is 0.259 e. The highest BCUT2D eigenvalue weighted by Gasteiger charge is 2.18. The van der Waals surface area contributed by atoms with E-state index in [-0.39, 0.29) is 18.2 Å². The summed E-state index contributed by atoms with van der Waals surface area (Å²) in [4.78, 5) is 12.8. The standard InChI is InChI=1S/C22H23ClN4O3S/c1-3-12-25-31(29,30)15-16-8-10-18(11-9-16)26-22(28)20-14-24-27(21(20)4-2)19-7-5-6-17(23)13-19/h3,5-11,13-14,25H,1,4,12,15H2,2H3,(H,26,28). The Bertz CT molecular complexity index is 1190. The van der Waals surface area contributed by atoms with Gasteiger partial charge in [-0.2, -0.15) is 5.10 Å². The average molecular weight is 459 g/mol. The fourth-order valence-electron chi connectivity index (χ4n) is 3.07. The molecular formula is C22H23ClN4O3S. The van der Waals surface area contributed by atoms with E-state index in [2.05, 4.69) is 21.7 Å². The molecule has 0 atom stereocenters. The molecule has 7 nitrogen and oxygen atoms in total. The summed E-state index contributed by atoms with van der Waals surface area (Å²) >= 11 is 6.08. The maximum atomic E-state index is 12.8. The normalized spacial score (nSPS) is 11.3. The summed E-state index contributed by atoms with van der Waals surface area (Å²) in [6.07, 6.45) is 3.61. The molecule has 0 spiro atoms. The number of anilines is 1. The summed E-state index contributed by atoms with van der Waals surface area (Å²) in [6, 6.07) is 13.9. The fourth-order valence-corrected chi connectivity index (χ4v) is 4.36. The van der Waals surface area contributed by atoms with Gasteiger partial charge in [0.15, 0.2) is 0 Å². The molecule has 3 rings (SSSR count). The zero-order chi connectivity index (χ0) is 22.4. The minimum Gasteiger partial charge on any atom is -0.322 e. The average Bonchev–Trinajstić information content (AvgIpc) is 3.18. The number of nitrogens with zero attached hydrogens (tertiary/aromatic N) is 2. The highest BCUT2D eigenvalue weighted by atomic mass is 35.5. The highest BCUT2D eigenvalue weighted by Crippen LogP contribution is 2.20. The summed E-state index contributed by atoms with van der Waals surface area (Å²) in [5.41, 5.74) is 3.16. The van der Waals surface area contributed by atoms with Crippen molar-refractivity contribution in [1.29, 1.82) is 0 Å². The molecule has 0 bridgehead atoms. The molecule has 0 radical (unpaired) electrons.